The first-order valence-corrected chi connectivity index (χ1v) is 6.01. The Kier molecular flexibility index (Phi) is 5.09. The van der Waals surface area contributed by atoms with E-state index in [1.165, 1.54) is 0 Å². The fourth-order valence-corrected chi connectivity index (χ4v) is 1.78. The van der Waals surface area contributed by atoms with Crippen molar-refractivity contribution in [1.82, 2.24) is 5.32 Å². The van der Waals surface area contributed by atoms with Crippen LogP contribution in [-0.2, 0) is 9.53 Å². The van der Waals surface area contributed by atoms with Gasteiger partial charge in [-0.1, -0.05) is 20.3 Å². The zero-order valence-corrected chi connectivity index (χ0v) is 9.97. The van der Waals surface area contributed by atoms with Crippen LogP contribution in [0.15, 0.2) is 0 Å². The molecular formula is C12H23NO2. The van der Waals surface area contributed by atoms with Crippen molar-refractivity contribution in [3.63, 3.8) is 0 Å². The fraction of sp³-hybridized carbons (Fsp3) is 0.917. The Morgan fingerprint density at radius 3 is 2.67 bits per heavy atom. The van der Waals surface area contributed by atoms with Gasteiger partial charge in [0.2, 0.25) is 5.91 Å². The van der Waals surface area contributed by atoms with E-state index in [2.05, 4.69) is 19.2 Å². The van der Waals surface area contributed by atoms with Crippen LogP contribution < -0.4 is 5.32 Å². The lowest BCUT2D eigenvalue weighted by molar-refractivity contribution is -0.122. The summed E-state index contributed by atoms with van der Waals surface area (Å²) in [6, 6.07) is 0. The number of rotatable bonds is 5. The van der Waals surface area contributed by atoms with E-state index in [9.17, 15) is 4.79 Å². The highest BCUT2D eigenvalue weighted by atomic mass is 16.5. The van der Waals surface area contributed by atoms with Crippen molar-refractivity contribution in [3.05, 3.63) is 0 Å². The van der Waals surface area contributed by atoms with Gasteiger partial charge in [0.1, 0.15) is 0 Å². The molecule has 1 aliphatic rings. The van der Waals surface area contributed by atoms with Gasteiger partial charge in [-0.25, -0.2) is 0 Å². The van der Waals surface area contributed by atoms with Gasteiger partial charge in [0.25, 0.3) is 0 Å². The Balaban J connectivity index is 2.19. The normalized spacial score (nSPS) is 19.9. The number of hydrogen-bond donors (Lipinski definition) is 1. The van der Waals surface area contributed by atoms with E-state index in [1.807, 2.05) is 0 Å². The van der Waals surface area contributed by atoms with Gasteiger partial charge >= 0.3 is 0 Å². The topological polar surface area (TPSA) is 38.3 Å². The molecule has 1 fully saturated rings. The predicted octanol–water partition coefficient (Wildman–Crippen LogP) is 2.11. The van der Waals surface area contributed by atoms with E-state index in [0.717, 1.165) is 45.4 Å². The molecule has 0 aromatic carbocycles. The molecule has 88 valence electrons. The monoisotopic (exact) mass is 213 g/mol. The van der Waals surface area contributed by atoms with Gasteiger partial charge in [-0.15, -0.1) is 0 Å². The molecule has 1 heterocycles. The van der Waals surface area contributed by atoms with Crippen LogP contribution in [0, 0.1) is 5.41 Å². The maximum atomic E-state index is 11.4. The second-order valence-electron chi connectivity index (χ2n) is 4.80. The summed E-state index contributed by atoms with van der Waals surface area (Å²) in [7, 11) is 0. The number of unbranched alkanes of at least 4 members (excludes halogenated alkanes) is 1. The molecule has 3 heteroatoms. The molecular weight excluding hydrogens is 190 g/mol. The summed E-state index contributed by atoms with van der Waals surface area (Å²) in [6.45, 7) is 6.81. The van der Waals surface area contributed by atoms with Crippen LogP contribution in [0.1, 0.15) is 46.0 Å². The van der Waals surface area contributed by atoms with Crippen LogP contribution >= 0.6 is 0 Å². The SMILES string of the molecule is CCCCC(=O)NCC1(C)CCOCC1. The van der Waals surface area contributed by atoms with E-state index in [0.29, 0.717) is 6.42 Å². The Hall–Kier alpha value is -0.570. The lowest BCUT2D eigenvalue weighted by Crippen LogP contribution is -2.39. The van der Waals surface area contributed by atoms with Crippen molar-refractivity contribution in [2.75, 3.05) is 19.8 Å². The van der Waals surface area contributed by atoms with Crippen LogP contribution in [0.25, 0.3) is 0 Å². The largest absolute Gasteiger partial charge is 0.381 e. The highest BCUT2D eigenvalue weighted by molar-refractivity contribution is 5.75. The smallest absolute Gasteiger partial charge is 0.220 e. The van der Waals surface area contributed by atoms with Crippen LogP contribution in [0.5, 0.6) is 0 Å². The molecule has 1 rings (SSSR count). The van der Waals surface area contributed by atoms with Crippen molar-refractivity contribution in [1.29, 1.82) is 0 Å². The van der Waals surface area contributed by atoms with Crippen molar-refractivity contribution in [2.45, 2.75) is 46.0 Å². The predicted molar refractivity (Wildman–Crippen MR) is 60.7 cm³/mol. The first-order valence-electron chi connectivity index (χ1n) is 6.01. The molecule has 0 aromatic rings. The number of carbonyl (C=O) groups is 1. The quantitative estimate of drug-likeness (QED) is 0.759. The van der Waals surface area contributed by atoms with E-state index in [-0.39, 0.29) is 11.3 Å². The van der Waals surface area contributed by atoms with E-state index >= 15 is 0 Å². The molecule has 0 aromatic heterocycles. The molecule has 1 N–H and O–H groups in total. The van der Waals surface area contributed by atoms with Crippen molar-refractivity contribution < 1.29 is 9.53 Å². The zero-order valence-electron chi connectivity index (χ0n) is 9.97. The summed E-state index contributed by atoms with van der Waals surface area (Å²) < 4.78 is 5.32. The lowest BCUT2D eigenvalue weighted by atomic mass is 9.82. The molecule has 15 heavy (non-hydrogen) atoms. The van der Waals surface area contributed by atoms with Gasteiger partial charge in [0, 0.05) is 26.2 Å². The molecule has 0 unspecified atom stereocenters. The molecule has 0 aliphatic carbocycles. The first kappa shape index (κ1) is 12.5. The second kappa shape index (κ2) is 6.11. The van der Waals surface area contributed by atoms with E-state index in [1.54, 1.807) is 0 Å². The lowest BCUT2D eigenvalue weighted by Gasteiger charge is -2.33. The number of ether oxygens (including phenoxy) is 1. The van der Waals surface area contributed by atoms with Crippen LogP contribution in [0.2, 0.25) is 0 Å². The van der Waals surface area contributed by atoms with Gasteiger partial charge < -0.3 is 10.1 Å². The standard InChI is InChI=1S/C12H23NO2/c1-3-4-5-11(14)13-10-12(2)6-8-15-9-7-12/h3-10H2,1-2H3,(H,13,14). The van der Waals surface area contributed by atoms with Crippen molar-refractivity contribution in [2.24, 2.45) is 5.41 Å². The van der Waals surface area contributed by atoms with E-state index < -0.39 is 0 Å². The molecule has 1 aliphatic heterocycles. The number of amides is 1. The summed E-state index contributed by atoms with van der Waals surface area (Å²) >= 11 is 0. The molecule has 3 nitrogen and oxygen atoms in total. The van der Waals surface area contributed by atoms with Crippen LogP contribution in [-0.4, -0.2) is 25.7 Å². The van der Waals surface area contributed by atoms with Gasteiger partial charge in [0.15, 0.2) is 0 Å². The van der Waals surface area contributed by atoms with E-state index in [4.69, 9.17) is 4.74 Å². The summed E-state index contributed by atoms with van der Waals surface area (Å²) in [4.78, 5) is 11.4. The second-order valence-corrected chi connectivity index (χ2v) is 4.80. The fourth-order valence-electron chi connectivity index (χ4n) is 1.78. The van der Waals surface area contributed by atoms with Crippen LogP contribution in [0.4, 0.5) is 0 Å². The Morgan fingerprint density at radius 2 is 2.07 bits per heavy atom. The number of hydrogen-bond acceptors (Lipinski definition) is 2. The van der Waals surface area contributed by atoms with Gasteiger partial charge in [-0.2, -0.15) is 0 Å². The highest BCUT2D eigenvalue weighted by Crippen LogP contribution is 2.28. The Bertz CT molecular complexity index is 198. The minimum Gasteiger partial charge on any atom is -0.381 e. The third-order valence-electron chi connectivity index (χ3n) is 3.17. The maximum absolute atomic E-state index is 11.4. The highest BCUT2D eigenvalue weighted by Gasteiger charge is 2.27. The molecule has 1 amide bonds. The number of nitrogens with one attached hydrogen (secondary N) is 1. The summed E-state index contributed by atoms with van der Waals surface area (Å²) in [5, 5.41) is 3.03. The zero-order chi connectivity index (χ0) is 11.1. The van der Waals surface area contributed by atoms with Gasteiger partial charge in [-0.3, -0.25) is 4.79 Å². The minimum atomic E-state index is 0.199. The van der Waals surface area contributed by atoms with Crippen molar-refractivity contribution >= 4 is 5.91 Å². The molecule has 0 spiro atoms. The number of carbonyl (C=O) groups excluding carboxylic acids is 1. The Morgan fingerprint density at radius 1 is 1.40 bits per heavy atom. The third-order valence-corrected chi connectivity index (χ3v) is 3.17. The molecule has 0 atom stereocenters. The maximum Gasteiger partial charge on any atom is 0.220 e. The minimum absolute atomic E-state index is 0.199. The van der Waals surface area contributed by atoms with Gasteiger partial charge in [-0.05, 0) is 24.7 Å². The molecule has 0 saturated carbocycles. The molecule has 1 saturated heterocycles. The average molecular weight is 213 g/mol. The van der Waals surface area contributed by atoms with Crippen molar-refractivity contribution in [3.8, 4) is 0 Å². The molecule has 0 bridgehead atoms. The summed E-state index contributed by atoms with van der Waals surface area (Å²) in [5.41, 5.74) is 0.250. The molecule has 0 radical (unpaired) electrons. The summed E-state index contributed by atoms with van der Waals surface area (Å²) in [6.07, 6.45) is 4.86. The van der Waals surface area contributed by atoms with Crippen LogP contribution in [0.3, 0.4) is 0 Å². The average Bonchev–Trinajstić information content (AvgIpc) is 2.25. The first-order chi connectivity index (χ1) is 7.16. The Labute approximate surface area is 92.6 Å². The van der Waals surface area contributed by atoms with Gasteiger partial charge in [0.05, 0.1) is 0 Å². The summed E-state index contributed by atoms with van der Waals surface area (Å²) in [5.74, 6) is 0.199. The third kappa shape index (κ3) is 4.65.